The third kappa shape index (κ3) is 2.30. The molecule has 0 saturated heterocycles. The molecule has 3 rings (SSSR count). The molecule has 3 heteroatoms. The lowest BCUT2D eigenvalue weighted by Crippen LogP contribution is -2.33. The molecule has 1 aromatic heterocycles. The van der Waals surface area contributed by atoms with Crippen molar-refractivity contribution in [3.05, 3.63) is 66.0 Å². The van der Waals surface area contributed by atoms with Gasteiger partial charge in [-0.05, 0) is 36.1 Å². The molecule has 1 heterocycles. The molecule has 0 radical (unpaired) electrons. The van der Waals surface area contributed by atoms with E-state index in [4.69, 9.17) is 0 Å². The predicted octanol–water partition coefficient (Wildman–Crippen LogP) is 2.90. The molecule has 0 bridgehead atoms. The van der Waals surface area contributed by atoms with Crippen LogP contribution in [0.1, 0.15) is 11.1 Å². The van der Waals surface area contributed by atoms with Gasteiger partial charge in [0.1, 0.15) is 11.5 Å². The highest BCUT2D eigenvalue weighted by Crippen LogP contribution is 2.26. The van der Waals surface area contributed by atoms with Crippen LogP contribution in [0.2, 0.25) is 0 Å². The lowest BCUT2D eigenvalue weighted by atomic mass is 10.1. The number of benzene rings is 2. The largest absolute Gasteiger partial charge is 0.508 e. The van der Waals surface area contributed by atoms with Gasteiger partial charge in [-0.2, -0.15) is 4.57 Å². The number of aromatic hydroxyl groups is 2. The number of pyridine rings is 1. The highest BCUT2D eigenvalue weighted by atomic mass is 16.3. The Labute approximate surface area is 117 Å². The third-order valence-electron chi connectivity index (χ3n) is 3.50. The van der Waals surface area contributed by atoms with Crippen molar-refractivity contribution in [3.8, 4) is 11.5 Å². The van der Waals surface area contributed by atoms with Gasteiger partial charge in [0.05, 0.1) is 5.56 Å². The highest BCUT2D eigenvalue weighted by molar-refractivity contribution is 5.80. The number of aryl methyl sites for hydroxylation is 1. The summed E-state index contributed by atoms with van der Waals surface area (Å²) in [5.74, 6) is 0.417. The first-order valence-corrected chi connectivity index (χ1v) is 6.53. The average Bonchev–Trinajstić information content (AvgIpc) is 2.44. The number of hydrogen-bond donors (Lipinski definition) is 2. The zero-order valence-electron chi connectivity index (χ0n) is 11.2. The Bertz CT molecular complexity index is 781. The zero-order valence-corrected chi connectivity index (χ0v) is 11.2. The molecule has 20 heavy (non-hydrogen) atoms. The first kappa shape index (κ1) is 12.5. The standard InChI is InChI=1S/C17H15NO2/c1-12-8-17(20)15(9-16(12)19)11-18-7-6-13-4-2-3-5-14(13)10-18/h2-10H,11H2,1H3,(H-,19,20)/p+1. The monoisotopic (exact) mass is 266 g/mol. The summed E-state index contributed by atoms with van der Waals surface area (Å²) in [6.45, 7) is 2.28. The normalized spacial score (nSPS) is 10.8. The van der Waals surface area contributed by atoms with Crippen LogP contribution in [0.15, 0.2) is 54.9 Å². The fraction of sp³-hybridized carbons (Fsp3) is 0.118. The second-order valence-corrected chi connectivity index (χ2v) is 5.01. The Morgan fingerprint density at radius 1 is 0.950 bits per heavy atom. The fourth-order valence-electron chi connectivity index (χ4n) is 2.32. The molecule has 0 aliphatic rings. The summed E-state index contributed by atoms with van der Waals surface area (Å²) in [5.41, 5.74) is 1.38. The maximum Gasteiger partial charge on any atom is 0.177 e. The molecule has 0 unspecified atom stereocenters. The number of nitrogens with zero attached hydrogens (tertiary/aromatic N) is 1. The van der Waals surface area contributed by atoms with Crippen LogP contribution in [0.5, 0.6) is 11.5 Å². The lowest BCUT2D eigenvalue weighted by molar-refractivity contribution is -0.687. The molecule has 0 amide bonds. The zero-order chi connectivity index (χ0) is 14.1. The Morgan fingerprint density at radius 3 is 2.50 bits per heavy atom. The van der Waals surface area contributed by atoms with Crippen molar-refractivity contribution in [1.29, 1.82) is 0 Å². The van der Waals surface area contributed by atoms with Crippen LogP contribution in [0.25, 0.3) is 10.8 Å². The second kappa shape index (κ2) is 4.85. The summed E-state index contributed by atoms with van der Waals surface area (Å²) in [6, 6.07) is 13.4. The van der Waals surface area contributed by atoms with E-state index in [2.05, 4.69) is 12.1 Å². The van der Waals surface area contributed by atoms with E-state index in [1.54, 1.807) is 19.1 Å². The molecule has 2 N–H and O–H groups in total. The van der Waals surface area contributed by atoms with E-state index in [0.29, 0.717) is 17.7 Å². The molecular formula is C17H16NO2+. The quantitative estimate of drug-likeness (QED) is 0.553. The van der Waals surface area contributed by atoms with E-state index >= 15 is 0 Å². The Morgan fingerprint density at radius 2 is 1.70 bits per heavy atom. The lowest BCUT2D eigenvalue weighted by Gasteiger charge is -2.05. The minimum atomic E-state index is 0.208. The van der Waals surface area contributed by atoms with Gasteiger partial charge in [-0.3, -0.25) is 0 Å². The maximum atomic E-state index is 9.97. The van der Waals surface area contributed by atoms with Crippen LogP contribution in [0.4, 0.5) is 0 Å². The maximum absolute atomic E-state index is 9.97. The summed E-state index contributed by atoms with van der Waals surface area (Å²) in [4.78, 5) is 0. The van der Waals surface area contributed by atoms with E-state index in [-0.39, 0.29) is 11.5 Å². The Hall–Kier alpha value is -2.55. The van der Waals surface area contributed by atoms with Gasteiger partial charge in [-0.1, -0.05) is 18.2 Å². The van der Waals surface area contributed by atoms with Gasteiger partial charge in [0, 0.05) is 11.5 Å². The van der Waals surface area contributed by atoms with E-state index in [1.807, 2.05) is 35.2 Å². The summed E-state index contributed by atoms with van der Waals surface area (Å²) < 4.78 is 1.99. The van der Waals surface area contributed by atoms with Gasteiger partial charge >= 0.3 is 0 Å². The molecule has 0 saturated carbocycles. The number of rotatable bonds is 2. The van der Waals surface area contributed by atoms with Crippen molar-refractivity contribution in [3.63, 3.8) is 0 Å². The van der Waals surface area contributed by atoms with Crippen molar-refractivity contribution in [1.82, 2.24) is 0 Å². The molecule has 100 valence electrons. The van der Waals surface area contributed by atoms with Crippen molar-refractivity contribution in [2.24, 2.45) is 0 Å². The molecule has 0 atom stereocenters. The third-order valence-corrected chi connectivity index (χ3v) is 3.50. The number of phenolic OH excluding ortho intramolecular Hbond substituents is 2. The molecule has 3 aromatic rings. The van der Waals surface area contributed by atoms with E-state index in [1.165, 1.54) is 5.39 Å². The van der Waals surface area contributed by atoms with E-state index in [9.17, 15) is 10.2 Å². The number of hydrogen-bond acceptors (Lipinski definition) is 2. The van der Waals surface area contributed by atoms with Crippen LogP contribution in [-0.2, 0) is 6.54 Å². The summed E-state index contributed by atoms with van der Waals surface area (Å²) in [6.07, 6.45) is 4.00. The van der Waals surface area contributed by atoms with E-state index < -0.39 is 0 Å². The highest BCUT2D eigenvalue weighted by Gasteiger charge is 2.11. The van der Waals surface area contributed by atoms with Crippen LogP contribution < -0.4 is 4.57 Å². The van der Waals surface area contributed by atoms with E-state index in [0.717, 1.165) is 5.39 Å². The van der Waals surface area contributed by atoms with Gasteiger partial charge in [0.15, 0.2) is 18.9 Å². The number of phenols is 2. The topological polar surface area (TPSA) is 44.3 Å². The SMILES string of the molecule is Cc1cc(O)c(C[n+]2ccc3ccccc3c2)cc1O. The van der Waals surface area contributed by atoms with Gasteiger partial charge in [0.2, 0.25) is 0 Å². The van der Waals surface area contributed by atoms with Gasteiger partial charge in [0.25, 0.3) is 0 Å². The molecule has 0 fully saturated rings. The molecule has 3 nitrogen and oxygen atoms in total. The van der Waals surface area contributed by atoms with Gasteiger partial charge in [-0.25, -0.2) is 0 Å². The minimum absolute atomic E-state index is 0.208. The van der Waals surface area contributed by atoms with Crippen molar-refractivity contribution in [2.45, 2.75) is 13.5 Å². The molecule has 0 aliphatic heterocycles. The van der Waals surface area contributed by atoms with Gasteiger partial charge < -0.3 is 10.2 Å². The summed E-state index contributed by atoms with van der Waals surface area (Å²) in [5, 5.41) is 22.0. The fourth-order valence-corrected chi connectivity index (χ4v) is 2.32. The molecule has 2 aromatic carbocycles. The van der Waals surface area contributed by atoms with Crippen molar-refractivity contribution in [2.75, 3.05) is 0 Å². The Kier molecular flexibility index (Phi) is 3.03. The Balaban J connectivity index is 1.99. The molecular weight excluding hydrogens is 250 g/mol. The predicted molar refractivity (Wildman–Crippen MR) is 77.8 cm³/mol. The van der Waals surface area contributed by atoms with Crippen LogP contribution in [-0.4, -0.2) is 10.2 Å². The summed E-state index contributed by atoms with van der Waals surface area (Å²) >= 11 is 0. The number of aromatic nitrogens is 1. The second-order valence-electron chi connectivity index (χ2n) is 5.01. The van der Waals surface area contributed by atoms with Gasteiger partial charge in [-0.15, -0.1) is 0 Å². The molecule has 0 aliphatic carbocycles. The minimum Gasteiger partial charge on any atom is -0.508 e. The average molecular weight is 266 g/mol. The molecule has 0 spiro atoms. The van der Waals surface area contributed by atoms with Crippen molar-refractivity contribution < 1.29 is 14.8 Å². The van der Waals surface area contributed by atoms with Crippen LogP contribution in [0, 0.1) is 6.92 Å². The smallest absolute Gasteiger partial charge is 0.177 e. The van der Waals surface area contributed by atoms with Crippen LogP contribution >= 0.6 is 0 Å². The number of fused-ring (bicyclic) bond motifs is 1. The summed E-state index contributed by atoms with van der Waals surface area (Å²) in [7, 11) is 0. The van der Waals surface area contributed by atoms with Crippen LogP contribution in [0.3, 0.4) is 0 Å². The first-order chi connectivity index (χ1) is 9.63. The van der Waals surface area contributed by atoms with Crippen molar-refractivity contribution >= 4 is 10.8 Å². The first-order valence-electron chi connectivity index (χ1n) is 6.53.